The van der Waals surface area contributed by atoms with Gasteiger partial charge in [-0.05, 0) is 23.6 Å². The Kier molecular flexibility index (Phi) is 5.23. The number of nitrogens with zero attached hydrogens (tertiary/aromatic N) is 2. The van der Waals surface area contributed by atoms with Gasteiger partial charge in [0.1, 0.15) is 5.82 Å². The lowest BCUT2D eigenvalue weighted by Gasteiger charge is -2.20. The molecule has 0 saturated carbocycles. The minimum absolute atomic E-state index is 0.155. The van der Waals surface area contributed by atoms with Crippen molar-refractivity contribution in [1.82, 2.24) is 15.1 Å². The number of hydrogen-bond donors (Lipinski definition) is 1. The van der Waals surface area contributed by atoms with Crippen molar-refractivity contribution in [3.05, 3.63) is 89.5 Å². The fourth-order valence-corrected chi connectivity index (χ4v) is 2.84. The van der Waals surface area contributed by atoms with Crippen LogP contribution >= 0.6 is 0 Å². The maximum Gasteiger partial charge on any atom is 0.225 e. The molecule has 3 aromatic rings. The molecular weight excluding hydrogens is 317 g/mol. The van der Waals surface area contributed by atoms with E-state index in [0.29, 0.717) is 12.0 Å². The number of aryl methyl sites for hydroxylation is 1. The zero-order chi connectivity index (χ0) is 17.6. The third kappa shape index (κ3) is 4.53. The number of halogens is 1. The second-order valence-electron chi connectivity index (χ2n) is 6.03. The van der Waals surface area contributed by atoms with Crippen molar-refractivity contribution in [2.75, 3.05) is 0 Å². The first-order valence-corrected chi connectivity index (χ1v) is 8.17. The molecule has 1 amide bonds. The lowest BCUT2D eigenvalue weighted by Crippen LogP contribution is -2.31. The molecule has 25 heavy (non-hydrogen) atoms. The minimum atomic E-state index is -0.423. The molecule has 1 N–H and O–H groups in total. The van der Waals surface area contributed by atoms with E-state index in [1.165, 1.54) is 6.07 Å². The van der Waals surface area contributed by atoms with E-state index >= 15 is 0 Å². The van der Waals surface area contributed by atoms with Crippen molar-refractivity contribution in [1.29, 1.82) is 0 Å². The molecule has 0 fully saturated rings. The van der Waals surface area contributed by atoms with E-state index in [-0.39, 0.29) is 18.1 Å². The fourth-order valence-electron chi connectivity index (χ4n) is 2.84. The predicted molar refractivity (Wildman–Crippen MR) is 94.3 cm³/mol. The first kappa shape index (κ1) is 16.9. The van der Waals surface area contributed by atoms with Crippen LogP contribution in [0, 0.1) is 5.82 Å². The van der Waals surface area contributed by atoms with E-state index in [1.807, 2.05) is 30.3 Å². The summed E-state index contributed by atoms with van der Waals surface area (Å²) in [5, 5.41) is 7.03. The first-order chi connectivity index (χ1) is 12.1. The average Bonchev–Trinajstić information content (AvgIpc) is 3.00. The van der Waals surface area contributed by atoms with Gasteiger partial charge in [0.15, 0.2) is 0 Å². The van der Waals surface area contributed by atoms with Crippen LogP contribution in [0.2, 0.25) is 0 Å². The van der Waals surface area contributed by atoms with Crippen molar-refractivity contribution in [3.8, 4) is 0 Å². The molecule has 1 heterocycles. The Hall–Kier alpha value is -2.95. The van der Waals surface area contributed by atoms with Crippen LogP contribution in [-0.2, 0) is 24.7 Å². The topological polar surface area (TPSA) is 46.9 Å². The second kappa shape index (κ2) is 7.75. The number of hydrogen-bond acceptors (Lipinski definition) is 2. The van der Waals surface area contributed by atoms with Gasteiger partial charge in [-0.2, -0.15) is 5.10 Å². The largest absolute Gasteiger partial charge is 0.349 e. The van der Waals surface area contributed by atoms with E-state index in [9.17, 15) is 9.18 Å². The molecular formula is C20H20FN3O. The van der Waals surface area contributed by atoms with Gasteiger partial charge in [-0.15, -0.1) is 0 Å². The van der Waals surface area contributed by atoms with E-state index in [1.54, 1.807) is 42.3 Å². The number of carbonyl (C=O) groups is 1. The summed E-state index contributed by atoms with van der Waals surface area (Å²) in [5.41, 5.74) is 2.36. The highest BCUT2D eigenvalue weighted by atomic mass is 19.1. The molecule has 0 aliphatic rings. The van der Waals surface area contributed by atoms with Gasteiger partial charge in [0.2, 0.25) is 5.91 Å². The molecule has 1 atom stereocenters. The predicted octanol–water partition coefficient (Wildman–Crippen LogP) is 3.20. The smallest absolute Gasteiger partial charge is 0.225 e. The quantitative estimate of drug-likeness (QED) is 0.751. The van der Waals surface area contributed by atoms with E-state index in [2.05, 4.69) is 10.4 Å². The summed E-state index contributed by atoms with van der Waals surface area (Å²) in [6, 6.07) is 15.9. The molecule has 3 rings (SSSR count). The van der Waals surface area contributed by atoms with Gasteiger partial charge in [0, 0.05) is 18.8 Å². The van der Waals surface area contributed by atoms with Crippen LogP contribution in [0.3, 0.4) is 0 Å². The number of nitrogens with one attached hydrogen (secondary N) is 1. The molecule has 2 aromatic carbocycles. The monoisotopic (exact) mass is 337 g/mol. The van der Waals surface area contributed by atoms with Crippen LogP contribution in [0.15, 0.2) is 67.0 Å². The van der Waals surface area contributed by atoms with Crippen molar-refractivity contribution in [3.63, 3.8) is 0 Å². The standard InChI is InChI=1S/C20H20FN3O/c1-24-14-16(13-22-24)12-20(25)23-19(11-15-7-3-2-4-8-15)17-9-5-6-10-18(17)21/h2-10,13-14,19H,11-12H2,1H3,(H,23,25)/t19-/m0/s1. The molecule has 0 radical (unpaired) electrons. The van der Waals surface area contributed by atoms with Crippen LogP contribution in [0.1, 0.15) is 22.7 Å². The van der Waals surface area contributed by atoms with Gasteiger partial charge in [0.25, 0.3) is 0 Å². The van der Waals surface area contributed by atoms with Crippen LogP contribution in [0.5, 0.6) is 0 Å². The normalized spacial score (nSPS) is 11.9. The summed E-state index contributed by atoms with van der Waals surface area (Å²) in [6.07, 6.45) is 4.21. The highest BCUT2D eigenvalue weighted by Gasteiger charge is 2.19. The third-order valence-corrected chi connectivity index (χ3v) is 4.02. The molecule has 0 spiro atoms. The maximum atomic E-state index is 14.3. The zero-order valence-corrected chi connectivity index (χ0v) is 14.0. The Labute approximate surface area is 146 Å². The summed E-state index contributed by atoms with van der Waals surface area (Å²) in [7, 11) is 1.80. The average molecular weight is 337 g/mol. The second-order valence-corrected chi connectivity index (χ2v) is 6.03. The molecule has 5 heteroatoms. The highest BCUT2D eigenvalue weighted by molar-refractivity contribution is 5.79. The third-order valence-electron chi connectivity index (χ3n) is 4.02. The number of amides is 1. The molecule has 4 nitrogen and oxygen atoms in total. The Morgan fingerprint density at radius 1 is 1.12 bits per heavy atom. The van der Waals surface area contributed by atoms with Crippen molar-refractivity contribution >= 4 is 5.91 Å². The van der Waals surface area contributed by atoms with Gasteiger partial charge in [-0.1, -0.05) is 48.5 Å². The lowest BCUT2D eigenvalue weighted by atomic mass is 9.98. The van der Waals surface area contributed by atoms with Gasteiger partial charge < -0.3 is 5.32 Å². The Morgan fingerprint density at radius 2 is 1.84 bits per heavy atom. The SMILES string of the molecule is Cn1cc(CC(=O)N[C@@H](Cc2ccccc2)c2ccccc2F)cn1. The number of aromatic nitrogens is 2. The number of rotatable bonds is 6. The van der Waals surface area contributed by atoms with Crippen LogP contribution in [0.4, 0.5) is 4.39 Å². The molecule has 0 aliphatic heterocycles. The van der Waals surface area contributed by atoms with Gasteiger partial charge in [0.05, 0.1) is 18.7 Å². The van der Waals surface area contributed by atoms with Crippen LogP contribution in [-0.4, -0.2) is 15.7 Å². The van der Waals surface area contributed by atoms with E-state index < -0.39 is 6.04 Å². The van der Waals surface area contributed by atoms with Gasteiger partial charge in [-0.3, -0.25) is 9.48 Å². The van der Waals surface area contributed by atoms with E-state index in [0.717, 1.165) is 11.1 Å². The van der Waals surface area contributed by atoms with E-state index in [4.69, 9.17) is 0 Å². The summed E-state index contributed by atoms with van der Waals surface area (Å²) in [6.45, 7) is 0. The van der Waals surface area contributed by atoms with Gasteiger partial charge in [-0.25, -0.2) is 4.39 Å². The van der Waals surface area contributed by atoms with Crippen molar-refractivity contribution < 1.29 is 9.18 Å². The molecule has 0 saturated heterocycles. The number of carbonyl (C=O) groups excluding carboxylic acids is 1. The summed E-state index contributed by atoms with van der Waals surface area (Å²) in [4.78, 5) is 12.4. The maximum absolute atomic E-state index is 14.3. The summed E-state index contributed by atoms with van der Waals surface area (Å²) >= 11 is 0. The summed E-state index contributed by atoms with van der Waals surface area (Å²) in [5.74, 6) is -0.470. The molecule has 0 aliphatic carbocycles. The highest BCUT2D eigenvalue weighted by Crippen LogP contribution is 2.21. The van der Waals surface area contributed by atoms with Crippen LogP contribution in [0.25, 0.3) is 0 Å². The Bertz CT molecular complexity index is 845. The fraction of sp³-hybridized carbons (Fsp3) is 0.200. The van der Waals surface area contributed by atoms with Crippen LogP contribution < -0.4 is 5.32 Å². The number of benzene rings is 2. The molecule has 1 aromatic heterocycles. The molecule has 0 unspecified atom stereocenters. The lowest BCUT2D eigenvalue weighted by molar-refractivity contribution is -0.121. The van der Waals surface area contributed by atoms with Gasteiger partial charge >= 0.3 is 0 Å². The minimum Gasteiger partial charge on any atom is -0.349 e. The summed E-state index contributed by atoms with van der Waals surface area (Å²) < 4.78 is 15.9. The molecule has 128 valence electrons. The van der Waals surface area contributed by atoms with Crippen molar-refractivity contribution in [2.24, 2.45) is 7.05 Å². The first-order valence-electron chi connectivity index (χ1n) is 8.17. The Balaban J connectivity index is 1.78. The van der Waals surface area contributed by atoms with Crippen molar-refractivity contribution in [2.45, 2.75) is 18.9 Å². The Morgan fingerprint density at radius 3 is 2.52 bits per heavy atom. The zero-order valence-electron chi connectivity index (χ0n) is 14.0. The molecule has 0 bridgehead atoms.